The monoisotopic (exact) mass is 474 g/mol. The van der Waals surface area contributed by atoms with Crippen molar-refractivity contribution in [3.05, 3.63) is 24.0 Å². The smallest absolute Gasteiger partial charge is 0.258 e. The van der Waals surface area contributed by atoms with E-state index in [0.29, 0.717) is 34.4 Å². The highest BCUT2D eigenvalue weighted by Gasteiger charge is 2.63. The lowest BCUT2D eigenvalue weighted by molar-refractivity contribution is -0.0884. The number of allylic oxidation sites excluding steroid dienone is 2. The second-order valence-corrected chi connectivity index (χ2v) is 19.0. The molecule has 2 fully saturated rings. The molecule has 0 radical (unpaired) electrons. The standard InChI is InChI=1S/C30H54O2Si/c1-13-28(11)18-26(31)29(12)22(8)14-16-30(24(10)23(28)9)17-15-25(27(29)30)32-33(19(2)3,20(4)5)21(6)7/h13,19-24,26,31H,1,14-18H2,2-12H3/t22?,23?,24-,26-,28?,29?,30?/m0/s1. The molecule has 0 spiro atoms. The Kier molecular flexibility index (Phi) is 7.25. The maximum Gasteiger partial charge on any atom is 0.258 e. The number of hydrogen-bond acceptors (Lipinski definition) is 2. The van der Waals surface area contributed by atoms with E-state index in [1.807, 2.05) is 0 Å². The molecule has 0 amide bonds. The van der Waals surface area contributed by atoms with Gasteiger partial charge in [0.15, 0.2) is 0 Å². The summed E-state index contributed by atoms with van der Waals surface area (Å²) >= 11 is 0. The molecule has 3 aliphatic carbocycles. The molecular weight excluding hydrogens is 420 g/mol. The van der Waals surface area contributed by atoms with Gasteiger partial charge in [0.1, 0.15) is 0 Å². The van der Waals surface area contributed by atoms with E-state index in [-0.39, 0.29) is 22.3 Å². The van der Waals surface area contributed by atoms with Crippen LogP contribution in [-0.2, 0) is 4.43 Å². The van der Waals surface area contributed by atoms with Gasteiger partial charge in [0.05, 0.1) is 11.9 Å². The summed E-state index contributed by atoms with van der Waals surface area (Å²) < 4.78 is 7.49. The van der Waals surface area contributed by atoms with Crippen LogP contribution in [0.4, 0.5) is 0 Å². The second kappa shape index (κ2) is 8.84. The van der Waals surface area contributed by atoms with Crippen LogP contribution in [0.25, 0.3) is 0 Å². The summed E-state index contributed by atoms with van der Waals surface area (Å²) in [5, 5.41) is 12.0. The normalized spacial score (nSPS) is 41.9. The van der Waals surface area contributed by atoms with Crippen molar-refractivity contribution in [3.8, 4) is 0 Å². The SMILES string of the molecule is C=CC1(C)C[C@H](O)C2(C)C3=C(O[Si](C(C)C)(C(C)C)C(C)C)CCC3(CCC2C)[C@@H](C)C1C. The van der Waals surface area contributed by atoms with Crippen molar-refractivity contribution in [3.63, 3.8) is 0 Å². The van der Waals surface area contributed by atoms with E-state index in [9.17, 15) is 5.11 Å². The van der Waals surface area contributed by atoms with Crippen LogP contribution in [0.1, 0.15) is 108 Å². The van der Waals surface area contributed by atoms with Crippen molar-refractivity contribution < 1.29 is 9.53 Å². The van der Waals surface area contributed by atoms with E-state index in [1.165, 1.54) is 30.6 Å². The molecule has 0 aromatic carbocycles. The minimum atomic E-state index is -2.06. The number of hydrogen-bond donors (Lipinski definition) is 1. The van der Waals surface area contributed by atoms with Gasteiger partial charge in [-0.25, -0.2) is 0 Å². The van der Waals surface area contributed by atoms with Crippen LogP contribution in [0.15, 0.2) is 24.0 Å². The fourth-order valence-electron chi connectivity index (χ4n) is 8.95. The Balaban J connectivity index is 2.28. The molecule has 190 valence electrons. The summed E-state index contributed by atoms with van der Waals surface area (Å²) in [6.07, 6.45) is 7.23. The van der Waals surface area contributed by atoms with E-state index < -0.39 is 8.32 Å². The molecule has 0 aromatic heterocycles. The predicted molar refractivity (Wildman–Crippen MR) is 145 cm³/mol. The lowest BCUT2D eigenvalue weighted by Crippen LogP contribution is -2.56. The fourth-order valence-corrected chi connectivity index (χ4v) is 14.3. The van der Waals surface area contributed by atoms with E-state index >= 15 is 0 Å². The van der Waals surface area contributed by atoms with E-state index in [4.69, 9.17) is 4.43 Å². The number of rotatable bonds is 6. The van der Waals surface area contributed by atoms with Gasteiger partial charge in [-0.1, -0.05) is 82.2 Å². The van der Waals surface area contributed by atoms with Gasteiger partial charge in [0, 0.05) is 11.8 Å². The summed E-state index contributed by atoms with van der Waals surface area (Å²) in [6.45, 7) is 30.6. The molecule has 2 saturated carbocycles. The van der Waals surface area contributed by atoms with Gasteiger partial charge in [0.2, 0.25) is 0 Å². The van der Waals surface area contributed by atoms with Crippen LogP contribution in [0, 0.1) is 34.0 Å². The Bertz CT molecular complexity index is 760. The predicted octanol–water partition coefficient (Wildman–Crippen LogP) is 8.88. The zero-order valence-electron chi connectivity index (χ0n) is 23.7. The molecule has 5 unspecified atom stereocenters. The summed E-state index contributed by atoms with van der Waals surface area (Å²) in [5.41, 5.74) is 3.08. The van der Waals surface area contributed by atoms with Crippen LogP contribution in [-0.4, -0.2) is 19.5 Å². The van der Waals surface area contributed by atoms with Crippen molar-refractivity contribution in [1.29, 1.82) is 0 Å². The molecule has 1 N–H and O–H groups in total. The van der Waals surface area contributed by atoms with Gasteiger partial charge in [-0.15, -0.1) is 6.58 Å². The molecule has 2 bridgehead atoms. The molecule has 3 rings (SSSR count). The first-order chi connectivity index (χ1) is 15.1. The third-order valence-electron chi connectivity index (χ3n) is 11.6. The molecule has 3 heteroatoms. The molecule has 7 atom stereocenters. The minimum absolute atomic E-state index is 0.0500. The Morgan fingerprint density at radius 3 is 2.00 bits per heavy atom. The first-order valence-electron chi connectivity index (χ1n) is 13.9. The molecule has 2 nitrogen and oxygen atoms in total. The van der Waals surface area contributed by atoms with Gasteiger partial charge in [-0.05, 0) is 76.5 Å². The summed E-state index contributed by atoms with van der Waals surface area (Å²) in [6, 6.07) is 0. The quantitative estimate of drug-likeness (QED) is 0.307. The molecule has 0 aromatic rings. The van der Waals surface area contributed by atoms with Gasteiger partial charge in [-0.2, -0.15) is 0 Å². The molecule has 0 heterocycles. The fraction of sp³-hybridized carbons (Fsp3) is 0.867. The lowest BCUT2D eigenvalue weighted by atomic mass is 9.45. The van der Waals surface area contributed by atoms with E-state index in [0.717, 1.165) is 12.8 Å². The minimum Gasteiger partial charge on any atom is -0.546 e. The van der Waals surface area contributed by atoms with Gasteiger partial charge < -0.3 is 9.53 Å². The largest absolute Gasteiger partial charge is 0.546 e. The van der Waals surface area contributed by atoms with Crippen LogP contribution in [0.3, 0.4) is 0 Å². The maximum atomic E-state index is 12.0. The first-order valence-corrected chi connectivity index (χ1v) is 16.0. The zero-order chi connectivity index (χ0) is 25.1. The van der Waals surface area contributed by atoms with Crippen LogP contribution in [0.2, 0.25) is 16.6 Å². The highest BCUT2D eigenvalue weighted by atomic mass is 28.4. The Hall–Kier alpha value is -0.543. The van der Waals surface area contributed by atoms with E-state index in [1.54, 1.807) is 0 Å². The second-order valence-electron chi connectivity index (χ2n) is 13.6. The van der Waals surface area contributed by atoms with Gasteiger partial charge in [0.25, 0.3) is 8.32 Å². The molecule has 0 aliphatic heterocycles. The van der Waals surface area contributed by atoms with Crippen molar-refractivity contribution in [2.45, 2.75) is 131 Å². The highest BCUT2D eigenvalue weighted by molar-refractivity contribution is 6.77. The first kappa shape index (κ1) is 27.1. The van der Waals surface area contributed by atoms with Crippen molar-refractivity contribution in [2.24, 2.45) is 34.0 Å². The molecule has 3 aliphatic rings. The van der Waals surface area contributed by atoms with Gasteiger partial charge >= 0.3 is 0 Å². The zero-order valence-corrected chi connectivity index (χ0v) is 24.7. The summed E-state index contributed by atoms with van der Waals surface area (Å²) in [4.78, 5) is 0. The Labute approximate surface area is 206 Å². The molecule has 33 heavy (non-hydrogen) atoms. The molecule has 0 saturated heterocycles. The van der Waals surface area contributed by atoms with Gasteiger partial charge in [-0.3, -0.25) is 0 Å². The topological polar surface area (TPSA) is 29.5 Å². The lowest BCUT2D eigenvalue weighted by Gasteiger charge is -2.60. The van der Waals surface area contributed by atoms with Crippen LogP contribution < -0.4 is 0 Å². The summed E-state index contributed by atoms with van der Waals surface area (Å²) in [7, 11) is -2.06. The van der Waals surface area contributed by atoms with Crippen molar-refractivity contribution in [1.82, 2.24) is 0 Å². The molecular formula is C30H54O2Si. The maximum absolute atomic E-state index is 12.0. The van der Waals surface area contributed by atoms with Crippen molar-refractivity contribution >= 4 is 8.32 Å². The average Bonchev–Trinajstić information content (AvgIpc) is 3.12. The number of aliphatic hydroxyl groups is 1. The van der Waals surface area contributed by atoms with Crippen LogP contribution >= 0.6 is 0 Å². The van der Waals surface area contributed by atoms with Crippen LogP contribution in [0.5, 0.6) is 0 Å². The highest BCUT2D eigenvalue weighted by Crippen LogP contribution is 2.69. The summed E-state index contributed by atoms with van der Waals surface area (Å²) in [5.74, 6) is 2.77. The van der Waals surface area contributed by atoms with E-state index in [2.05, 4.69) is 88.8 Å². The number of aliphatic hydroxyl groups excluding tert-OH is 1. The Morgan fingerprint density at radius 1 is 0.970 bits per heavy atom. The average molecular weight is 475 g/mol. The third kappa shape index (κ3) is 3.65. The Morgan fingerprint density at radius 2 is 1.52 bits per heavy atom. The van der Waals surface area contributed by atoms with Crippen molar-refractivity contribution in [2.75, 3.05) is 0 Å². The third-order valence-corrected chi connectivity index (χ3v) is 17.6.